The number of nitro groups is 1. The van der Waals surface area contributed by atoms with Crippen LogP contribution in [0.3, 0.4) is 0 Å². The van der Waals surface area contributed by atoms with Crippen LogP contribution in [0.25, 0.3) is 0 Å². The normalized spacial score (nSPS) is 10.3. The van der Waals surface area contributed by atoms with E-state index in [4.69, 9.17) is 4.74 Å². The molecule has 8 heteroatoms. The molecule has 0 heterocycles. The molecule has 0 atom stereocenters. The first-order valence-electron chi connectivity index (χ1n) is 9.37. The number of hydrogen-bond acceptors (Lipinski definition) is 5. The zero-order valence-corrected chi connectivity index (χ0v) is 17.9. The molecule has 0 bridgehead atoms. The molecule has 0 aromatic heterocycles. The molecule has 0 N–H and O–H groups in total. The van der Waals surface area contributed by atoms with Gasteiger partial charge in [-0.2, -0.15) is 0 Å². The Hall–Kier alpha value is -2.64. The number of carbonyl (C=O) groups is 1. The van der Waals surface area contributed by atoms with Gasteiger partial charge in [0.25, 0.3) is 11.6 Å². The van der Waals surface area contributed by atoms with Gasteiger partial charge in [0.2, 0.25) is 0 Å². The molecule has 158 valence electrons. The summed E-state index contributed by atoms with van der Waals surface area (Å²) in [5.41, 5.74) is 1.41. The summed E-state index contributed by atoms with van der Waals surface area (Å²) in [5, 5.41) is 10.8. The minimum atomic E-state index is -0.468. The molecular formula is C21H28ClN3O4. The number of nitrogens with zero attached hydrogens (tertiary/aromatic N) is 3. The lowest BCUT2D eigenvalue weighted by Gasteiger charge is -2.27. The Bertz CT molecular complexity index is 778. The number of carbonyl (C=O) groups excluding carboxylic acids is 1. The Morgan fingerprint density at radius 1 is 1.00 bits per heavy atom. The monoisotopic (exact) mass is 421 g/mol. The Balaban J connectivity index is 0.00000420. The molecule has 0 saturated heterocycles. The molecule has 29 heavy (non-hydrogen) atoms. The summed E-state index contributed by atoms with van der Waals surface area (Å²) in [6.45, 7) is 7.81. The lowest BCUT2D eigenvalue weighted by molar-refractivity contribution is -0.384. The molecule has 0 aliphatic rings. The Labute approximate surface area is 177 Å². The predicted molar refractivity (Wildman–Crippen MR) is 116 cm³/mol. The second-order valence-corrected chi connectivity index (χ2v) is 6.41. The van der Waals surface area contributed by atoms with E-state index in [1.165, 1.54) is 24.3 Å². The maximum atomic E-state index is 13.1. The van der Waals surface area contributed by atoms with Crippen LogP contribution in [-0.2, 0) is 6.54 Å². The van der Waals surface area contributed by atoms with E-state index < -0.39 is 4.92 Å². The van der Waals surface area contributed by atoms with Crippen LogP contribution in [0.15, 0.2) is 48.5 Å². The standard InChI is InChI=1S/C21H27N3O4.ClH/c1-4-22(5-2)14-15-23(16-17-6-12-20(28-3)13-7-17)21(25)18-8-10-19(11-9-18)24(26)27;/h6-13H,4-5,14-16H2,1-3H3;1H. The Morgan fingerprint density at radius 2 is 1.59 bits per heavy atom. The van der Waals surface area contributed by atoms with Crippen molar-refractivity contribution in [3.05, 3.63) is 69.8 Å². The zero-order chi connectivity index (χ0) is 20.5. The summed E-state index contributed by atoms with van der Waals surface area (Å²) in [6.07, 6.45) is 0. The van der Waals surface area contributed by atoms with Crippen LogP contribution in [0.1, 0.15) is 29.8 Å². The van der Waals surface area contributed by atoms with Crippen LogP contribution in [0, 0.1) is 10.1 Å². The van der Waals surface area contributed by atoms with Gasteiger partial charge in [0.1, 0.15) is 5.75 Å². The van der Waals surface area contributed by atoms with E-state index in [0.717, 1.165) is 30.9 Å². The van der Waals surface area contributed by atoms with E-state index in [1.54, 1.807) is 12.0 Å². The Morgan fingerprint density at radius 3 is 2.07 bits per heavy atom. The molecule has 2 aromatic rings. The molecule has 2 rings (SSSR count). The van der Waals surface area contributed by atoms with E-state index >= 15 is 0 Å². The minimum Gasteiger partial charge on any atom is -0.497 e. The van der Waals surface area contributed by atoms with Crippen molar-refractivity contribution in [1.82, 2.24) is 9.80 Å². The molecular weight excluding hydrogens is 394 g/mol. The fraction of sp³-hybridized carbons (Fsp3) is 0.381. The number of non-ortho nitro benzene ring substituents is 1. The number of halogens is 1. The molecule has 7 nitrogen and oxygen atoms in total. The average molecular weight is 422 g/mol. The number of methoxy groups -OCH3 is 1. The summed E-state index contributed by atoms with van der Waals surface area (Å²) in [5.74, 6) is 0.623. The maximum absolute atomic E-state index is 13.1. The van der Waals surface area contributed by atoms with Gasteiger partial charge in [0.15, 0.2) is 0 Å². The van der Waals surface area contributed by atoms with Gasteiger partial charge in [-0.05, 0) is 42.9 Å². The summed E-state index contributed by atoms with van der Waals surface area (Å²) >= 11 is 0. The highest BCUT2D eigenvalue weighted by atomic mass is 35.5. The van der Waals surface area contributed by atoms with Gasteiger partial charge in [0, 0.05) is 37.3 Å². The van der Waals surface area contributed by atoms with E-state index in [0.29, 0.717) is 18.7 Å². The molecule has 0 radical (unpaired) electrons. The van der Waals surface area contributed by atoms with Crippen molar-refractivity contribution in [2.75, 3.05) is 33.3 Å². The van der Waals surface area contributed by atoms with E-state index in [9.17, 15) is 14.9 Å². The second-order valence-electron chi connectivity index (χ2n) is 6.41. The summed E-state index contributed by atoms with van der Waals surface area (Å²) < 4.78 is 5.19. The molecule has 0 aliphatic carbocycles. The SMILES string of the molecule is CCN(CC)CCN(Cc1ccc(OC)cc1)C(=O)c1ccc([N+](=O)[O-])cc1.Cl. The second kappa shape index (κ2) is 12.0. The number of benzene rings is 2. The number of nitro benzene ring substituents is 1. The summed E-state index contributed by atoms with van der Waals surface area (Å²) in [6, 6.07) is 13.4. The van der Waals surface area contributed by atoms with Crippen molar-refractivity contribution in [3.63, 3.8) is 0 Å². The van der Waals surface area contributed by atoms with Crippen LogP contribution in [0.5, 0.6) is 5.75 Å². The number of ether oxygens (including phenoxy) is 1. The molecule has 0 unspecified atom stereocenters. The first kappa shape index (κ1) is 24.4. The van der Waals surface area contributed by atoms with Crippen molar-refractivity contribution in [2.45, 2.75) is 20.4 Å². The lowest BCUT2D eigenvalue weighted by Crippen LogP contribution is -2.38. The quantitative estimate of drug-likeness (QED) is 0.428. The average Bonchev–Trinajstić information content (AvgIpc) is 2.73. The van der Waals surface area contributed by atoms with E-state index in [1.807, 2.05) is 24.3 Å². The highest BCUT2D eigenvalue weighted by Gasteiger charge is 2.18. The lowest BCUT2D eigenvalue weighted by atomic mass is 10.1. The van der Waals surface area contributed by atoms with Crippen LogP contribution >= 0.6 is 12.4 Å². The topological polar surface area (TPSA) is 75.9 Å². The summed E-state index contributed by atoms with van der Waals surface area (Å²) in [4.78, 5) is 27.5. The Kier molecular flexibility index (Phi) is 10.1. The largest absolute Gasteiger partial charge is 0.497 e. The first-order chi connectivity index (χ1) is 13.5. The smallest absolute Gasteiger partial charge is 0.269 e. The highest BCUT2D eigenvalue weighted by molar-refractivity contribution is 5.94. The minimum absolute atomic E-state index is 0. The molecule has 0 aliphatic heterocycles. The third kappa shape index (κ3) is 7.03. The van der Waals surface area contributed by atoms with Crippen molar-refractivity contribution in [1.29, 1.82) is 0 Å². The molecule has 1 amide bonds. The van der Waals surface area contributed by atoms with Crippen LogP contribution in [-0.4, -0.2) is 53.9 Å². The van der Waals surface area contributed by atoms with Crippen molar-refractivity contribution < 1.29 is 14.5 Å². The van der Waals surface area contributed by atoms with Gasteiger partial charge in [0.05, 0.1) is 12.0 Å². The van der Waals surface area contributed by atoms with Gasteiger partial charge >= 0.3 is 0 Å². The van der Waals surface area contributed by atoms with Crippen molar-refractivity contribution in [3.8, 4) is 5.75 Å². The van der Waals surface area contributed by atoms with E-state index in [-0.39, 0.29) is 24.0 Å². The third-order valence-corrected chi connectivity index (χ3v) is 4.73. The number of likely N-dealkylation sites (N-methyl/N-ethyl adjacent to an activating group) is 1. The number of hydrogen-bond donors (Lipinski definition) is 0. The predicted octanol–water partition coefficient (Wildman–Crippen LogP) is 4.01. The molecule has 2 aromatic carbocycles. The van der Waals surface area contributed by atoms with Gasteiger partial charge < -0.3 is 14.5 Å². The fourth-order valence-corrected chi connectivity index (χ4v) is 2.91. The van der Waals surface area contributed by atoms with Crippen molar-refractivity contribution in [2.24, 2.45) is 0 Å². The van der Waals surface area contributed by atoms with Crippen LogP contribution in [0.4, 0.5) is 5.69 Å². The van der Waals surface area contributed by atoms with Gasteiger partial charge in [-0.15, -0.1) is 12.4 Å². The first-order valence-corrected chi connectivity index (χ1v) is 9.37. The number of rotatable bonds is 10. The van der Waals surface area contributed by atoms with E-state index in [2.05, 4.69) is 18.7 Å². The molecule has 0 fully saturated rings. The van der Waals surface area contributed by atoms with Gasteiger partial charge in [-0.25, -0.2) is 0 Å². The van der Waals surface area contributed by atoms with Gasteiger partial charge in [-0.1, -0.05) is 26.0 Å². The van der Waals surface area contributed by atoms with Gasteiger partial charge in [-0.3, -0.25) is 14.9 Å². The highest BCUT2D eigenvalue weighted by Crippen LogP contribution is 2.17. The third-order valence-electron chi connectivity index (χ3n) is 4.73. The van der Waals surface area contributed by atoms with Crippen LogP contribution < -0.4 is 4.74 Å². The fourth-order valence-electron chi connectivity index (χ4n) is 2.91. The van der Waals surface area contributed by atoms with Crippen molar-refractivity contribution >= 4 is 24.0 Å². The molecule has 0 spiro atoms. The van der Waals surface area contributed by atoms with Crippen LogP contribution in [0.2, 0.25) is 0 Å². The summed E-state index contributed by atoms with van der Waals surface area (Å²) in [7, 11) is 1.61. The molecule has 0 saturated carbocycles. The zero-order valence-electron chi connectivity index (χ0n) is 17.0. The number of amides is 1. The maximum Gasteiger partial charge on any atom is 0.269 e.